The van der Waals surface area contributed by atoms with E-state index in [-0.39, 0.29) is 5.91 Å². The van der Waals surface area contributed by atoms with Crippen LogP contribution < -0.4 is 5.32 Å². The van der Waals surface area contributed by atoms with E-state index >= 15 is 0 Å². The Labute approximate surface area is 110 Å². The molecule has 1 amide bonds. The van der Waals surface area contributed by atoms with Crippen LogP contribution in [0.5, 0.6) is 0 Å². The average molecular weight is 253 g/mol. The molecule has 18 heavy (non-hydrogen) atoms. The number of rotatable bonds is 3. The summed E-state index contributed by atoms with van der Waals surface area (Å²) in [7, 11) is 0. The average Bonchev–Trinajstić information content (AvgIpc) is 2.32. The highest BCUT2D eigenvalue weighted by Crippen LogP contribution is 2.31. The fraction of sp³-hybridized carbons (Fsp3) is 0.933. The summed E-state index contributed by atoms with van der Waals surface area (Å²) in [5, 5.41) is 13.5. The Morgan fingerprint density at radius 2 is 1.78 bits per heavy atom. The van der Waals surface area contributed by atoms with Crippen molar-refractivity contribution in [1.82, 2.24) is 5.32 Å². The summed E-state index contributed by atoms with van der Waals surface area (Å²) < 4.78 is 0. The maximum absolute atomic E-state index is 12.0. The van der Waals surface area contributed by atoms with Gasteiger partial charge < -0.3 is 10.4 Å². The Bertz CT molecular complexity index is 276. The lowest BCUT2D eigenvalue weighted by Gasteiger charge is -2.33. The fourth-order valence-corrected chi connectivity index (χ4v) is 3.37. The van der Waals surface area contributed by atoms with Gasteiger partial charge in [0.05, 0.1) is 12.0 Å². The fourth-order valence-electron chi connectivity index (χ4n) is 3.37. The van der Waals surface area contributed by atoms with E-state index < -0.39 is 5.60 Å². The van der Waals surface area contributed by atoms with Crippen LogP contribution in [0.1, 0.15) is 71.1 Å². The van der Waals surface area contributed by atoms with Crippen molar-refractivity contribution >= 4 is 5.91 Å². The zero-order valence-corrected chi connectivity index (χ0v) is 11.6. The van der Waals surface area contributed by atoms with E-state index in [0.717, 1.165) is 44.4 Å². The first-order valence-corrected chi connectivity index (χ1v) is 7.59. The summed E-state index contributed by atoms with van der Waals surface area (Å²) in [4.78, 5) is 12.0. The molecule has 0 saturated heterocycles. The Morgan fingerprint density at radius 3 is 2.39 bits per heavy atom. The van der Waals surface area contributed by atoms with E-state index in [4.69, 9.17) is 0 Å². The Morgan fingerprint density at radius 1 is 1.17 bits per heavy atom. The lowest BCUT2D eigenvalue weighted by atomic mass is 9.82. The smallest absolute Gasteiger partial charge is 0.223 e. The van der Waals surface area contributed by atoms with Crippen LogP contribution in [0, 0.1) is 5.92 Å². The van der Waals surface area contributed by atoms with Crippen LogP contribution >= 0.6 is 0 Å². The first-order valence-electron chi connectivity index (χ1n) is 7.59. The number of amides is 1. The Kier molecular flexibility index (Phi) is 4.66. The van der Waals surface area contributed by atoms with Crippen LogP contribution in [-0.4, -0.2) is 22.7 Å². The largest absolute Gasteiger partial charge is 0.389 e. The van der Waals surface area contributed by atoms with Crippen molar-refractivity contribution in [2.45, 2.75) is 82.8 Å². The molecule has 0 bridgehead atoms. The van der Waals surface area contributed by atoms with E-state index in [0.29, 0.717) is 12.5 Å². The summed E-state index contributed by atoms with van der Waals surface area (Å²) in [6.07, 6.45) is 9.85. The first kappa shape index (κ1) is 13.9. The van der Waals surface area contributed by atoms with Gasteiger partial charge in [-0.1, -0.05) is 26.2 Å². The monoisotopic (exact) mass is 253 g/mol. The molecule has 0 spiro atoms. The van der Waals surface area contributed by atoms with E-state index in [1.165, 1.54) is 19.3 Å². The molecular weight excluding hydrogens is 226 g/mol. The lowest BCUT2D eigenvalue weighted by molar-refractivity contribution is -0.128. The molecule has 0 radical (unpaired) electrons. The van der Waals surface area contributed by atoms with Gasteiger partial charge in [0.15, 0.2) is 0 Å². The Hall–Kier alpha value is -0.570. The normalized spacial score (nSPS) is 31.9. The summed E-state index contributed by atoms with van der Waals surface area (Å²) in [6, 6.07) is 0.348. The number of nitrogens with one attached hydrogen (secondary N) is 1. The van der Waals surface area contributed by atoms with Gasteiger partial charge >= 0.3 is 0 Å². The van der Waals surface area contributed by atoms with Crippen molar-refractivity contribution in [2.24, 2.45) is 5.92 Å². The zero-order chi connectivity index (χ0) is 13.0. The van der Waals surface area contributed by atoms with Gasteiger partial charge in [0, 0.05) is 6.04 Å². The summed E-state index contributed by atoms with van der Waals surface area (Å²) in [5.41, 5.74) is -0.718. The quantitative estimate of drug-likeness (QED) is 0.812. The summed E-state index contributed by atoms with van der Waals surface area (Å²) in [6.45, 7) is 2.28. The maximum Gasteiger partial charge on any atom is 0.223 e. The maximum atomic E-state index is 12.0. The van der Waals surface area contributed by atoms with Gasteiger partial charge in [-0.05, 0) is 44.4 Å². The predicted molar refractivity (Wildman–Crippen MR) is 72.2 cm³/mol. The third kappa shape index (κ3) is 3.98. The second kappa shape index (κ2) is 6.05. The third-order valence-corrected chi connectivity index (χ3v) is 4.65. The molecule has 0 unspecified atom stereocenters. The SMILES string of the molecule is CC1CCC(NC(=O)CC2(O)CCCCC2)CC1. The molecular formula is C15H27NO2. The molecule has 0 aromatic carbocycles. The van der Waals surface area contributed by atoms with Gasteiger partial charge in [-0.3, -0.25) is 4.79 Å². The number of hydrogen-bond acceptors (Lipinski definition) is 2. The number of aliphatic hydroxyl groups is 1. The minimum absolute atomic E-state index is 0.0546. The van der Waals surface area contributed by atoms with Gasteiger partial charge in [-0.15, -0.1) is 0 Å². The van der Waals surface area contributed by atoms with Crippen molar-refractivity contribution in [3.8, 4) is 0 Å². The minimum atomic E-state index is -0.718. The molecule has 2 fully saturated rings. The number of hydrogen-bond donors (Lipinski definition) is 2. The van der Waals surface area contributed by atoms with Gasteiger partial charge in [0.1, 0.15) is 0 Å². The number of carbonyl (C=O) groups is 1. The number of carbonyl (C=O) groups excluding carboxylic acids is 1. The van der Waals surface area contributed by atoms with Crippen LogP contribution in [0.15, 0.2) is 0 Å². The highest BCUT2D eigenvalue weighted by Gasteiger charge is 2.32. The van der Waals surface area contributed by atoms with Crippen molar-refractivity contribution in [1.29, 1.82) is 0 Å². The molecule has 0 aromatic heterocycles. The van der Waals surface area contributed by atoms with E-state index in [1.807, 2.05) is 0 Å². The lowest BCUT2D eigenvalue weighted by Crippen LogP contribution is -2.43. The molecule has 2 aliphatic rings. The molecule has 0 aromatic rings. The topological polar surface area (TPSA) is 49.3 Å². The molecule has 3 heteroatoms. The molecule has 0 atom stereocenters. The van der Waals surface area contributed by atoms with Crippen molar-refractivity contribution in [2.75, 3.05) is 0 Å². The molecule has 0 heterocycles. The van der Waals surface area contributed by atoms with Crippen LogP contribution in [0.25, 0.3) is 0 Å². The van der Waals surface area contributed by atoms with Gasteiger partial charge in [-0.2, -0.15) is 0 Å². The highest BCUT2D eigenvalue weighted by atomic mass is 16.3. The van der Waals surface area contributed by atoms with Gasteiger partial charge in [0.2, 0.25) is 5.91 Å². The molecule has 3 nitrogen and oxygen atoms in total. The molecule has 104 valence electrons. The van der Waals surface area contributed by atoms with Gasteiger partial charge in [0.25, 0.3) is 0 Å². The molecule has 2 N–H and O–H groups in total. The first-order chi connectivity index (χ1) is 8.57. The molecule has 2 rings (SSSR count). The Balaban J connectivity index is 1.74. The van der Waals surface area contributed by atoms with Crippen molar-refractivity contribution in [3.63, 3.8) is 0 Å². The van der Waals surface area contributed by atoms with E-state index in [9.17, 15) is 9.90 Å². The van der Waals surface area contributed by atoms with Crippen LogP contribution in [0.4, 0.5) is 0 Å². The third-order valence-electron chi connectivity index (χ3n) is 4.65. The van der Waals surface area contributed by atoms with E-state index in [2.05, 4.69) is 12.2 Å². The van der Waals surface area contributed by atoms with Crippen LogP contribution in [0.2, 0.25) is 0 Å². The van der Waals surface area contributed by atoms with Crippen molar-refractivity contribution in [3.05, 3.63) is 0 Å². The minimum Gasteiger partial charge on any atom is -0.389 e. The summed E-state index contributed by atoms with van der Waals surface area (Å²) in [5.74, 6) is 0.861. The molecule has 2 aliphatic carbocycles. The highest BCUT2D eigenvalue weighted by molar-refractivity contribution is 5.77. The van der Waals surface area contributed by atoms with E-state index in [1.54, 1.807) is 0 Å². The second-order valence-corrected chi connectivity index (χ2v) is 6.49. The van der Waals surface area contributed by atoms with Crippen LogP contribution in [-0.2, 0) is 4.79 Å². The van der Waals surface area contributed by atoms with Crippen LogP contribution in [0.3, 0.4) is 0 Å². The van der Waals surface area contributed by atoms with Crippen molar-refractivity contribution < 1.29 is 9.90 Å². The zero-order valence-electron chi connectivity index (χ0n) is 11.6. The second-order valence-electron chi connectivity index (χ2n) is 6.49. The predicted octanol–water partition coefficient (Wildman–Crippen LogP) is 2.77. The molecule has 0 aliphatic heterocycles. The molecule has 2 saturated carbocycles. The standard InChI is InChI=1S/C15H27NO2/c1-12-5-7-13(8-6-12)16-14(17)11-15(18)9-3-2-4-10-15/h12-13,18H,2-11H2,1H3,(H,16,17). The summed E-state index contributed by atoms with van der Waals surface area (Å²) >= 11 is 0. The van der Waals surface area contributed by atoms with Gasteiger partial charge in [-0.25, -0.2) is 0 Å².